The summed E-state index contributed by atoms with van der Waals surface area (Å²) >= 11 is 0. The largest absolute Gasteiger partial charge is 0.376 e. The molecule has 0 bridgehead atoms. The molecule has 0 aliphatic heterocycles. The highest BCUT2D eigenvalue weighted by atomic mass is 16.5. The van der Waals surface area contributed by atoms with Crippen LogP contribution in [-0.4, -0.2) is 20.7 Å². The van der Waals surface area contributed by atoms with E-state index >= 15 is 0 Å². The van der Waals surface area contributed by atoms with Crippen molar-refractivity contribution in [1.82, 2.24) is 5.32 Å². The van der Waals surface area contributed by atoms with Gasteiger partial charge in [0.2, 0.25) is 0 Å². The molecule has 0 fully saturated rings. The van der Waals surface area contributed by atoms with Gasteiger partial charge >= 0.3 is 0 Å². The van der Waals surface area contributed by atoms with Crippen LogP contribution < -0.4 is 5.32 Å². The van der Waals surface area contributed by atoms with E-state index in [0.29, 0.717) is 0 Å². The number of likely N-dealkylation sites (N-methyl/N-ethyl adjacent to an activating group) is 1. The number of benzene rings is 3. The molecule has 2 atom stereocenters. The molecule has 2 nitrogen and oxygen atoms in total. The molecule has 1 unspecified atom stereocenters. The molecule has 3 aromatic rings. The van der Waals surface area contributed by atoms with Gasteiger partial charge in [0.1, 0.15) is 0 Å². The van der Waals surface area contributed by atoms with Crippen molar-refractivity contribution < 1.29 is 4.74 Å². The summed E-state index contributed by atoms with van der Waals surface area (Å²) in [5, 5.41) is 5.86. The number of hydrogen-bond donors (Lipinski definition) is 1. The third-order valence-corrected chi connectivity index (χ3v) is 4.37. The highest BCUT2D eigenvalue weighted by Crippen LogP contribution is 2.34. The second-order valence-corrected chi connectivity index (χ2v) is 5.84. The molecule has 3 rings (SSSR count). The van der Waals surface area contributed by atoms with Crippen LogP contribution in [0.5, 0.6) is 0 Å². The van der Waals surface area contributed by atoms with E-state index < -0.39 is 0 Å². The number of methoxy groups -OCH3 is 1. The first-order chi connectivity index (χ1) is 11.3. The zero-order valence-electron chi connectivity index (χ0n) is 13.7. The van der Waals surface area contributed by atoms with E-state index in [0.717, 1.165) is 6.54 Å². The average Bonchev–Trinajstić information content (AvgIpc) is 2.62. The maximum absolute atomic E-state index is 5.88. The van der Waals surface area contributed by atoms with E-state index in [1.807, 2.05) is 13.1 Å². The Morgan fingerprint density at radius 3 is 2.22 bits per heavy atom. The average molecular weight is 305 g/mol. The van der Waals surface area contributed by atoms with Gasteiger partial charge in [-0.1, -0.05) is 72.8 Å². The first-order valence-corrected chi connectivity index (χ1v) is 8.04. The van der Waals surface area contributed by atoms with Crippen molar-refractivity contribution in [2.24, 2.45) is 0 Å². The smallest absolute Gasteiger partial charge is 0.0901 e. The quantitative estimate of drug-likeness (QED) is 0.722. The van der Waals surface area contributed by atoms with Gasteiger partial charge in [0.05, 0.1) is 6.10 Å². The van der Waals surface area contributed by atoms with Crippen molar-refractivity contribution in [3.05, 3.63) is 83.9 Å². The molecule has 0 saturated carbocycles. The lowest BCUT2D eigenvalue weighted by atomic mass is 9.87. The van der Waals surface area contributed by atoms with Gasteiger partial charge in [0, 0.05) is 19.6 Å². The summed E-state index contributed by atoms with van der Waals surface area (Å²) in [5.41, 5.74) is 2.51. The molecule has 2 heteroatoms. The predicted octanol–water partition coefficient (Wildman–Crippen LogP) is 4.53. The number of hydrogen-bond acceptors (Lipinski definition) is 2. The lowest BCUT2D eigenvalue weighted by Gasteiger charge is -2.27. The summed E-state index contributed by atoms with van der Waals surface area (Å²) in [4.78, 5) is 0. The fraction of sp³-hybridized carbons (Fsp3) is 0.238. The molecule has 0 aromatic heterocycles. The summed E-state index contributed by atoms with van der Waals surface area (Å²) in [7, 11) is 3.78. The maximum atomic E-state index is 5.88. The molecular formula is C21H23NO. The third kappa shape index (κ3) is 3.44. The van der Waals surface area contributed by atoms with E-state index in [2.05, 4.69) is 72.0 Å². The van der Waals surface area contributed by atoms with Crippen molar-refractivity contribution in [3.63, 3.8) is 0 Å². The number of ether oxygens (including phenoxy) is 1. The molecule has 0 saturated heterocycles. The third-order valence-electron chi connectivity index (χ3n) is 4.37. The topological polar surface area (TPSA) is 21.3 Å². The first-order valence-electron chi connectivity index (χ1n) is 8.04. The zero-order valence-corrected chi connectivity index (χ0v) is 13.7. The number of fused-ring (bicyclic) bond motifs is 1. The van der Waals surface area contributed by atoms with Gasteiger partial charge in [-0.05, 0) is 28.9 Å². The molecule has 3 aromatic carbocycles. The highest BCUT2D eigenvalue weighted by molar-refractivity contribution is 5.83. The van der Waals surface area contributed by atoms with Crippen molar-refractivity contribution in [2.45, 2.75) is 12.0 Å². The van der Waals surface area contributed by atoms with Crippen LogP contribution in [0.15, 0.2) is 72.8 Å². The second-order valence-electron chi connectivity index (χ2n) is 5.84. The van der Waals surface area contributed by atoms with Gasteiger partial charge in [0.25, 0.3) is 0 Å². The minimum atomic E-state index is 0.0322. The normalized spacial score (nSPS) is 13.8. The van der Waals surface area contributed by atoms with Gasteiger partial charge < -0.3 is 10.1 Å². The fourth-order valence-electron chi connectivity index (χ4n) is 3.23. The Balaban J connectivity index is 2.01. The molecule has 0 radical (unpaired) electrons. The lowest BCUT2D eigenvalue weighted by molar-refractivity contribution is 0.0787. The summed E-state index contributed by atoms with van der Waals surface area (Å²) < 4.78 is 5.88. The van der Waals surface area contributed by atoms with Gasteiger partial charge in [-0.15, -0.1) is 0 Å². The maximum Gasteiger partial charge on any atom is 0.0901 e. The van der Waals surface area contributed by atoms with E-state index in [9.17, 15) is 0 Å². The zero-order chi connectivity index (χ0) is 16.1. The Kier molecular flexibility index (Phi) is 5.06. The fourth-order valence-corrected chi connectivity index (χ4v) is 3.23. The van der Waals surface area contributed by atoms with Crippen LogP contribution in [0.25, 0.3) is 10.8 Å². The summed E-state index contributed by atoms with van der Waals surface area (Å²) in [6, 6.07) is 25.6. The second kappa shape index (κ2) is 7.40. The molecule has 0 heterocycles. The van der Waals surface area contributed by atoms with Crippen molar-refractivity contribution in [1.29, 1.82) is 0 Å². The molecule has 0 aliphatic rings. The van der Waals surface area contributed by atoms with Crippen LogP contribution in [-0.2, 0) is 4.74 Å². The Bertz CT molecular complexity index is 754. The molecule has 0 spiro atoms. The number of nitrogens with one attached hydrogen (secondary N) is 1. The Morgan fingerprint density at radius 1 is 0.826 bits per heavy atom. The summed E-state index contributed by atoms with van der Waals surface area (Å²) in [5.74, 6) is 0.261. The number of rotatable bonds is 6. The highest BCUT2D eigenvalue weighted by Gasteiger charge is 2.24. The lowest BCUT2D eigenvalue weighted by Crippen LogP contribution is -2.24. The summed E-state index contributed by atoms with van der Waals surface area (Å²) in [6.07, 6.45) is 0.0322. The minimum absolute atomic E-state index is 0.0322. The van der Waals surface area contributed by atoms with Crippen LogP contribution in [0.1, 0.15) is 23.1 Å². The van der Waals surface area contributed by atoms with Gasteiger partial charge in [-0.3, -0.25) is 0 Å². The van der Waals surface area contributed by atoms with Crippen LogP contribution in [0.4, 0.5) is 0 Å². The standard InChI is InChI=1S/C21H23NO/c1-22-15-20(21(23-2)17-9-4-3-5-10-17)19-13-12-16-8-6-7-11-18(16)14-19/h3-14,20-22H,15H2,1-2H3/t20-,21?/m1/s1. The van der Waals surface area contributed by atoms with Crippen LogP contribution >= 0.6 is 0 Å². The predicted molar refractivity (Wildman–Crippen MR) is 96.8 cm³/mol. The van der Waals surface area contributed by atoms with E-state index in [1.165, 1.54) is 21.9 Å². The van der Waals surface area contributed by atoms with Crippen LogP contribution in [0, 0.1) is 0 Å². The monoisotopic (exact) mass is 305 g/mol. The van der Waals surface area contributed by atoms with Crippen LogP contribution in [0.2, 0.25) is 0 Å². The minimum Gasteiger partial charge on any atom is -0.376 e. The molecule has 0 aliphatic carbocycles. The van der Waals surface area contributed by atoms with E-state index in [4.69, 9.17) is 4.74 Å². The SMILES string of the molecule is CNC[C@H](c1ccc2ccccc2c1)C(OC)c1ccccc1. The van der Waals surface area contributed by atoms with Gasteiger partial charge in [0.15, 0.2) is 0 Å². The van der Waals surface area contributed by atoms with Crippen molar-refractivity contribution in [3.8, 4) is 0 Å². The Labute approximate surface area is 138 Å². The first kappa shape index (κ1) is 15.7. The molecular weight excluding hydrogens is 282 g/mol. The molecule has 23 heavy (non-hydrogen) atoms. The molecule has 0 amide bonds. The van der Waals surface area contributed by atoms with Crippen molar-refractivity contribution in [2.75, 3.05) is 20.7 Å². The Hall–Kier alpha value is -2.16. The van der Waals surface area contributed by atoms with Gasteiger partial charge in [-0.25, -0.2) is 0 Å². The molecule has 1 N–H and O–H groups in total. The van der Waals surface area contributed by atoms with E-state index in [-0.39, 0.29) is 12.0 Å². The van der Waals surface area contributed by atoms with E-state index in [1.54, 1.807) is 7.11 Å². The van der Waals surface area contributed by atoms with Crippen LogP contribution in [0.3, 0.4) is 0 Å². The summed E-state index contributed by atoms with van der Waals surface area (Å²) in [6.45, 7) is 0.867. The Morgan fingerprint density at radius 2 is 1.52 bits per heavy atom. The molecule has 118 valence electrons. The van der Waals surface area contributed by atoms with Gasteiger partial charge in [-0.2, -0.15) is 0 Å². The van der Waals surface area contributed by atoms with Crippen molar-refractivity contribution >= 4 is 10.8 Å².